The van der Waals surface area contributed by atoms with Crippen molar-refractivity contribution < 1.29 is 24.2 Å². The Bertz CT molecular complexity index is 546. The third kappa shape index (κ3) is 27.7. The third-order valence-corrected chi connectivity index (χ3v) is 7.06. The molecule has 0 amide bonds. The SMILES string of the molecule is CCCCCC/C=C\CCCCCCCC(=O)O[C@@H](CO)COC(=O)CCCCCCCCCCCCC. The number of unbranched alkanes of at least 4 members (excludes halogenated alkanes) is 19. The van der Waals surface area contributed by atoms with Gasteiger partial charge < -0.3 is 14.6 Å². The van der Waals surface area contributed by atoms with Gasteiger partial charge in [0.2, 0.25) is 0 Å². The monoisotopic (exact) mass is 538 g/mol. The Morgan fingerprint density at radius 1 is 0.579 bits per heavy atom. The maximum Gasteiger partial charge on any atom is 0.306 e. The van der Waals surface area contributed by atoms with Gasteiger partial charge in [-0.05, 0) is 38.5 Å². The highest BCUT2D eigenvalue weighted by molar-refractivity contribution is 5.70. The largest absolute Gasteiger partial charge is 0.462 e. The first-order valence-electron chi connectivity index (χ1n) is 16.2. The van der Waals surface area contributed by atoms with Gasteiger partial charge in [-0.1, -0.05) is 129 Å². The second-order valence-corrected chi connectivity index (χ2v) is 10.9. The number of aliphatic hydroxyl groups is 1. The zero-order valence-electron chi connectivity index (χ0n) is 25.2. The second-order valence-electron chi connectivity index (χ2n) is 10.9. The number of esters is 2. The molecule has 0 saturated heterocycles. The summed E-state index contributed by atoms with van der Waals surface area (Å²) >= 11 is 0. The summed E-state index contributed by atoms with van der Waals surface area (Å²) in [5.74, 6) is -0.599. The number of ether oxygens (including phenoxy) is 2. The van der Waals surface area contributed by atoms with Gasteiger partial charge in [0.05, 0.1) is 6.61 Å². The summed E-state index contributed by atoms with van der Waals surface area (Å²) in [6.07, 6.45) is 31.1. The average molecular weight is 539 g/mol. The van der Waals surface area contributed by atoms with Crippen LogP contribution in [0.15, 0.2) is 12.2 Å². The maximum absolute atomic E-state index is 12.1. The van der Waals surface area contributed by atoms with Crippen molar-refractivity contribution in [2.45, 2.75) is 174 Å². The number of hydrogen-bond donors (Lipinski definition) is 1. The summed E-state index contributed by atoms with van der Waals surface area (Å²) < 4.78 is 10.5. The Hall–Kier alpha value is -1.36. The number of allylic oxidation sites excluding steroid dienone is 2. The molecule has 0 aliphatic carbocycles. The number of aliphatic hydroxyl groups excluding tert-OH is 1. The lowest BCUT2D eigenvalue weighted by molar-refractivity contribution is -0.161. The van der Waals surface area contributed by atoms with Gasteiger partial charge in [-0.2, -0.15) is 0 Å². The standard InChI is InChI=1S/C33H62O5/c1-3-5-7-9-11-13-15-16-18-20-22-24-26-28-33(36)38-31(29-34)30-37-32(35)27-25-23-21-19-17-14-12-10-8-6-4-2/h13,15,31,34H,3-12,14,16-30H2,1-2H3/b15-13-/t31-/m0/s1. The van der Waals surface area contributed by atoms with Crippen molar-refractivity contribution in [1.29, 1.82) is 0 Å². The Labute approximate surface area is 235 Å². The van der Waals surface area contributed by atoms with Gasteiger partial charge in [0, 0.05) is 12.8 Å². The normalized spacial score (nSPS) is 12.2. The summed E-state index contributed by atoms with van der Waals surface area (Å²) in [6, 6.07) is 0. The van der Waals surface area contributed by atoms with Gasteiger partial charge in [0.15, 0.2) is 6.10 Å². The fraction of sp³-hybridized carbons (Fsp3) is 0.879. The molecule has 224 valence electrons. The van der Waals surface area contributed by atoms with Crippen LogP contribution < -0.4 is 0 Å². The minimum Gasteiger partial charge on any atom is -0.462 e. The molecule has 0 radical (unpaired) electrons. The Kier molecular flexibility index (Phi) is 29.1. The van der Waals surface area contributed by atoms with Crippen LogP contribution in [0.1, 0.15) is 168 Å². The summed E-state index contributed by atoms with van der Waals surface area (Å²) in [7, 11) is 0. The average Bonchev–Trinajstić information content (AvgIpc) is 2.92. The fourth-order valence-corrected chi connectivity index (χ4v) is 4.55. The first-order chi connectivity index (χ1) is 18.6. The quantitative estimate of drug-likeness (QED) is 0.0583. The molecule has 0 rings (SSSR count). The van der Waals surface area contributed by atoms with Gasteiger partial charge in [-0.3, -0.25) is 9.59 Å². The van der Waals surface area contributed by atoms with Crippen LogP contribution in [0.4, 0.5) is 0 Å². The molecule has 5 heteroatoms. The van der Waals surface area contributed by atoms with Crippen LogP contribution in [-0.2, 0) is 19.1 Å². The van der Waals surface area contributed by atoms with Crippen LogP contribution in [0, 0.1) is 0 Å². The summed E-state index contributed by atoms with van der Waals surface area (Å²) in [6.45, 7) is 4.09. The molecule has 1 atom stereocenters. The van der Waals surface area contributed by atoms with E-state index in [4.69, 9.17) is 9.47 Å². The van der Waals surface area contributed by atoms with Gasteiger partial charge in [-0.25, -0.2) is 0 Å². The highest BCUT2D eigenvalue weighted by Gasteiger charge is 2.16. The molecule has 5 nitrogen and oxygen atoms in total. The van der Waals surface area contributed by atoms with Gasteiger partial charge in [-0.15, -0.1) is 0 Å². The van der Waals surface area contributed by atoms with Gasteiger partial charge >= 0.3 is 11.9 Å². The maximum atomic E-state index is 12.1. The first-order valence-corrected chi connectivity index (χ1v) is 16.2. The van der Waals surface area contributed by atoms with E-state index in [1.54, 1.807) is 0 Å². The zero-order valence-corrected chi connectivity index (χ0v) is 25.2. The van der Waals surface area contributed by atoms with Gasteiger partial charge in [0.25, 0.3) is 0 Å². The van der Waals surface area contributed by atoms with E-state index in [0.29, 0.717) is 12.8 Å². The minimum absolute atomic E-state index is 0.0643. The number of carbonyl (C=O) groups is 2. The highest BCUT2D eigenvalue weighted by Crippen LogP contribution is 2.13. The van der Waals surface area contributed by atoms with Crippen molar-refractivity contribution in [3.63, 3.8) is 0 Å². The van der Waals surface area contributed by atoms with E-state index in [-0.39, 0.29) is 25.2 Å². The number of hydrogen-bond acceptors (Lipinski definition) is 5. The predicted octanol–water partition coefficient (Wildman–Crippen LogP) is 9.39. The molecule has 0 aliphatic heterocycles. The van der Waals surface area contributed by atoms with Crippen LogP contribution in [0.3, 0.4) is 0 Å². The van der Waals surface area contributed by atoms with Gasteiger partial charge in [0.1, 0.15) is 6.61 Å². The molecule has 0 bridgehead atoms. The van der Waals surface area contributed by atoms with E-state index in [1.807, 2.05) is 0 Å². The van der Waals surface area contributed by atoms with E-state index in [9.17, 15) is 14.7 Å². The summed E-state index contributed by atoms with van der Waals surface area (Å²) in [5.41, 5.74) is 0. The predicted molar refractivity (Wildman–Crippen MR) is 159 cm³/mol. The molecule has 0 fully saturated rings. The van der Waals surface area contributed by atoms with Crippen LogP contribution in [-0.4, -0.2) is 36.4 Å². The fourth-order valence-electron chi connectivity index (χ4n) is 4.55. The molecular weight excluding hydrogens is 476 g/mol. The molecule has 0 aromatic carbocycles. The Balaban J connectivity index is 3.59. The molecule has 0 aliphatic rings. The van der Waals surface area contributed by atoms with E-state index in [1.165, 1.54) is 96.3 Å². The van der Waals surface area contributed by atoms with Crippen molar-refractivity contribution >= 4 is 11.9 Å². The van der Waals surface area contributed by atoms with Crippen molar-refractivity contribution in [3.8, 4) is 0 Å². The Morgan fingerprint density at radius 2 is 0.974 bits per heavy atom. The molecule has 0 unspecified atom stereocenters. The van der Waals surface area contributed by atoms with Crippen LogP contribution in [0.2, 0.25) is 0 Å². The summed E-state index contributed by atoms with van der Waals surface area (Å²) in [4.78, 5) is 24.0. The zero-order chi connectivity index (χ0) is 27.9. The molecule has 1 N–H and O–H groups in total. The van der Waals surface area contributed by atoms with Crippen LogP contribution in [0.25, 0.3) is 0 Å². The molecular formula is C33H62O5. The van der Waals surface area contributed by atoms with Crippen molar-refractivity contribution in [2.24, 2.45) is 0 Å². The van der Waals surface area contributed by atoms with E-state index in [0.717, 1.165) is 44.9 Å². The molecule has 0 spiro atoms. The smallest absolute Gasteiger partial charge is 0.306 e. The van der Waals surface area contributed by atoms with Crippen LogP contribution in [0.5, 0.6) is 0 Å². The van der Waals surface area contributed by atoms with Crippen LogP contribution >= 0.6 is 0 Å². The molecule has 0 aromatic heterocycles. The third-order valence-electron chi connectivity index (χ3n) is 7.06. The lowest BCUT2D eigenvalue weighted by Gasteiger charge is -2.15. The first kappa shape index (κ1) is 36.6. The Morgan fingerprint density at radius 3 is 1.45 bits per heavy atom. The number of carbonyl (C=O) groups excluding carboxylic acids is 2. The molecule has 38 heavy (non-hydrogen) atoms. The molecule has 0 aromatic rings. The lowest BCUT2D eigenvalue weighted by atomic mass is 10.1. The van der Waals surface area contributed by atoms with Crippen molar-refractivity contribution in [1.82, 2.24) is 0 Å². The second kappa shape index (κ2) is 30.2. The van der Waals surface area contributed by atoms with E-state index < -0.39 is 6.10 Å². The molecule has 0 saturated carbocycles. The summed E-state index contributed by atoms with van der Waals surface area (Å²) in [5, 5.41) is 9.48. The van der Waals surface area contributed by atoms with E-state index >= 15 is 0 Å². The highest BCUT2D eigenvalue weighted by atomic mass is 16.6. The molecule has 0 heterocycles. The van der Waals surface area contributed by atoms with Crippen molar-refractivity contribution in [2.75, 3.05) is 13.2 Å². The minimum atomic E-state index is -0.766. The lowest BCUT2D eigenvalue weighted by Crippen LogP contribution is -2.28. The topological polar surface area (TPSA) is 72.8 Å². The van der Waals surface area contributed by atoms with E-state index in [2.05, 4.69) is 26.0 Å². The number of rotatable bonds is 29. The van der Waals surface area contributed by atoms with Crippen molar-refractivity contribution in [3.05, 3.63) is 12.2 Å².